The van der Waals surface area contributed by atoms with Gasteiger partial charge in [0.1, 0.15) is 0 Å². The number of aliphatic carboxylic acids is 1. The zero-order valence-corrected chi connectivity index (χ0v) is 11.8. The van der Waals surface area contributed by atoms with Crippen LogP contribution in [0, 0.1) is 5.92 Å². The van der Waals surface area contributed by atoms with Crippen LogP contribution in [-0.4, -0.2) is 40.7 Å². The maximum atomic E-state index is 11.6. The Balaban J connectivity index is 1.78. The zero-order chi connectivity index (χ0) is 13.8. The number of nitrogens with zero attached hydrogens (tertiary/aromatic N) is 1. The molecule has 1 atom stereocenters. The van der Waals surface area contributed by atoms with E-state index in [4.69, 9.17) is 16.7 Å². The van der Waals surface area contributed by atoms with Gasteiger partial charge in [0.05, 0.1) is 5.92 Å². The number of hydrogen-bond donors (Lipinski definition) is 1. The van der Waals surface area contributed by atoms with Gasteiger partial charge in [0.25, 0.3) is 0 Å². The third-order valence-electron chi connectivity index (χ3n) is 3.01. The fourth-order valence-electron chi connectivity index (χ4n) is 1.96. The summed E-state index contributed by atoms with van der Waals surface area (Å²) in [6.07, 6.45) is 0.126. The van der Waals surface area contributed by atoms with Crippen LogP contribution in [0.25, 0.3) is 0 Å². The second-order valence-electron chi connectivity index (χ2n) is 4.38. The van der Waals surface area contributed by atoms with Crippen LogP contribution in [-0.2, 0) is 9.59 Å². The van der Waals surface area contributed by atoms with Crippen molar-refractivity contribution in [1.82, 2.24) is 4.90 Å². The van der Waals surface area contributed by atoms with E-state index in [-0.39, 0.29) is 12.3 Å². The first-order chi connectivity index (χ1) is 9.06. The highest BCUT2D eigenvalue weighted by Crippen LogP contribution is 2.22. The summed E-state index contributed by atoms with van der Waals surface area (Å²) >= 11 is 7.42. The first kappa shape index (κ1) is 14.2. The lowest BCUT2D eigenvalue weighted by Gasteiger charge is -2.15. The lowest BCUT2D eigenvalue weighted by Crippen LogP contribution is -2.28. The van der Waals surface area contributed by atoms with Crippen LogP contribution in [0.5, 0.6) is 0 Å². The number of benzene rings is 1. The highest BCUT2D eigenvalue weighted by molar-refractivity contribution is 7.99. The van der Waals surface area contributed by atoms with Gasteiger partial charge >= 0.3 is 5.97 Å². The molecular formula is C13H14ClNO3S. The Kier molecular flexibility index (Phi) is 4.71. The molecule has 19 heavy (non-hydrogen) atoms. The summed E-state index contributed by atoms with van der Waals surface area (Å²) in [5.41, 5.74) is 0. The fraction of sp³-hybridized carbons (Fsp3) is 0.385. The Hall–Kier alpha value is -1.20. The molecule has 4 nitrogen and oxygen atoms in total. The van der Waals surface area contributed by atoms with E-state index in [2.05, 4.69) is 0 Å². The lowest BCUT2D eigenvalue weighted by atomic mass is 10.1. The van der Waals surface area contributed by atoms with Crippen LogP contribution in [0.4, 0.5) is 0 Å². The summed E-state index contributed by atoms with van der Waals surface area (Å²) in [7, 11) is 0. The van der Waals surface area contributed by atoms with Gasteiger partial charge in [-0.25, -0.2) is 0 Å². The summed E-state index contributed by atoms with van der Waals surface area (Å²) in [6, 6.07) is 7.51. The van der Waals surface area contributed by atoms with Gasteiger partial charge in [0, 0.05) is 35.2 Å². The van der Waals surface area contributed by atoms with Crippen LogP contribution in [0.1, 0.15) is 6.42 Å². The minimum atomic E-state index is -0.888. The minimum Gasteiger partial charge on any atom is -0.481 e. The van der Waals surface area contributed by atoms with E-state index in [1.54, 1.807) is 16.7 Å². The largest absolute Gasteiger partial charge is 0.481 e. The van der Waals surface area contributed by atoms with Crippen molar-refractivity contribution in [3.05, 3.63) is 29.3 Å². The molecular weight excluding hydrogens is 286 g/mol. The zero-order valence-electron chi connectivity index (χ0n) is 10.2. The standard InChI is InChI=1S/C13H14ClNO3S/c14-10-1-3-11(4-2-10)19-6-5-15-8-9(13(17)18)7-12(15)16/h1-4,9H,5-8H2,(H,17,18). The first-order valence-corrected chi connectivity index (χ1v) is 7.31. The molecule has 1 heterocycles. The highest BCUT2D eigenvalue weighted by atomic mass is 35.5. The molecule has 6 heteroatoms. The molecule has 1 aromatic rings. The topological polar surface area (TPSA) is 57.6 Å². The van der Waals surface area contributed by atoms with Gasteiger partial charge in [-0.15, -0.1) is 11.8 Å². The molecule has 0 radical (unpaired) electrons. The summed E-state index contributed by atoms with van der Waals surface area (Å²) in [5, 5.41) is 9.58. The number of hydrogen-bond acceptors (Lipinski definition) is 3. The third-order valence-corrected chi connectivity index (χ3v) is 4.25. The number of likely N-dealkylation sites (tertiary alicyclic amines) is 1. The average molecular weight is 300 g/mol. The Morgan fingerprint density at radius 3 is 2.68 bits per heavy atom. The summed E-state index contributed by atoms with van der Waals surface area (Å²) in [4.78, 5) is 25.2. The molecule has 1 aliphatic rings. The Morgan fingerprint density at radius 1 is 1.42 bits per heavy atom. The van der Waals surface area contributed by atoms with Crippen molar-refractivity contribution in [3.63, 3.8) is 0 Å². The van der Waals surface area contributed by atoms with Crippen molar-refractivity contribution in [2.24, 2.45) is 5.92 Å². The summed E-state index contributed by atoms with van der Waals surface area (Å²) < 4.78 is 0. The van der Waals surface area contributed by atoms with E-state index >= 15 is 0 Å². The minimum absolute atomic E-state index is 0.0656. The highest BCUT2D eigenvalue weighted by Gasteiger charge is 2.33. The van der Waals surface area contributed by atoms with Crippen LogP contribution in [0.15, 0.2) is 29.2 Å². The lowest BCUT2D eigenvalue weighted by molar-refractivity contribution is -0.141. The molecule has 1 aliphatic heterocycles. The molecule has 0 spiro atoms. The molecule has 1 unspecified atom stereocenters. The molecule has 2 rings (SSSR count). The normalized spacial score (nSPS) is 18.9. The number of carbonyl (C=O) groups excluding carboxylic acids is 1. The second-order valence-corrected chi connectivity index (χ2v) is 5.99. The first-order valence-electron chi connectivity index (χ1n) is 5.95. The Labute approximate surface area is 120 Å². The van der Waals surface area contributed by atoms with Crippen LogP contribution in [0.3, 0.4) is 0 Å². The second kappa shape index (κ2) is 6.30. The summed E-state index contributed by atoms with van der Waals surface area (Å²) in [5.74, 6) is -0.752. The SMILES string of the molecule is O=C(O)C1CC(=O)N(CCSc2ccc(Cl)cc2)C1. The number of thioether (sulfide) groups is 1. The van der Waals surface area contributed by atoms with Gasteiger partial charge in [-0.2, -0.15) is 0 Å². The van der Waals surface area contributed by atoms with Crippen molar-refractivity contribution in [2.75, 3.05) is 18.8 Å². The quantitative estimate of drug-likeness (QED) is 0.848. The van der Waals surface area contributed by atoms with Gasteiger partial charge in [-0.05, 0) is 24.3 Å². The van der Waals surface area contributed by atoms with Crippen molar-refractivity contribution in [2.45, 2.75) is 11.3 Å². The molecule has 1 N–H and O–H groups in total. The molecule has 1 aromatic carbocycles. The smallest absolute Gasteiger partial charge is 0.308 e. The van der Waals surface area contributed by atoms with E-state index in [9.17, 15) is 9.59 Å². The van der Waals surface area contributed by atoms with Gasteiger partial charge in [0.2, 0.25) is 5.91 Å². The number of rotatable bonds is 5. The van der Waals surface area contributed by atoms with E-state index in [0.29, 0.717) is 18.1 Å². The van der Waals surface area contributed by atoms with E-state index < -0.39 is 11.9 Å². The molecule has 0 bridgehead atoms. The van der Waals surface area contributed by atoms with Gasteiger partial charge in [-0.3, -0.25) is 9.59 Å². The Bertz CT molecular complexity index is 477. The molecule has 1 amide bonds. The molecule has 102 valence electrons. The van der Waals surface area contributed by atoms with Crippen molar-refractivity contribution >= 4 is 35.2 Å². The van der Waals surface area contributed by atoms with E-state index in [1.165, 1.54) is 0 Å². The van der Waals surface area contributed by atoms with Crippen LogP contribution < -0.4 is 0 Å². The van der Waals surface area contributed by atoms with E-state index in [1.807, 2.05) is 24.3 Å². The number of amides is 1. The summed E-state index contributed by atoms with van der Waals surface area (Å²) in [6.45, 7) is 0.908. The molecule has 0 saturated carbocycles. The fourth-order valence-corrected chi connectivity index (χ4v) is 2.96. The van der Waals surface area contributed by atoms with Crippen LogP contribution >= 0.6 is 23.4 Å². The predicted molar refractivity (Wildman–Crippen MR) is 74.5 cm³/mol. The van der Waals surface area contributed by atoms with Crippen molar-refractivity contribution < 1.29 is 14.7 Å². The maximum Gasteiger partial charge on any atom is 0.308 e. The maximum absolute atomic E-state index is 11.6. The third kappa shape index (κ3) is 3.88. The van der Waals surface area contributed by atoms with Crippen LogP contribution in [0.2, 0.25) is 5.02 Å². The molecule has 1 fully saturated rings. The monoisotopic (exact) mass is 299 g/mol. The molecule has 1 saturated heterocycles. The van der Waals surface area contributed by atoms with Crippen molar-refractivity contribution in [1.29, 1.82) is 0 Å². The van der Waals surface area contributed by atoms with Crippen molar-refractivity contribution in [3.8, 4) is 0 Å². The van der Waals surface area contributed by atoms with Gasteiger partial charge in [0.15, 0.2) is 0 Å². The van der Waals surface area contributed by atoms with E-state index in [0.717, 1.165) is 10.6 Å². The number of halogens is 1. The Morgan fingerprint density at radius 2 is 2.11 bits per heavy atom. The molecule has 0 aromatic heterocycles. The number of carbonyl (C=O) groups is 2. The number of carboxylic acid groups (broad SMARTS) is 1. The predicted octanol–water partition coefficient (Wildman–Crippen LogP) is 2.37. The number of carboxylic acids is 1. The van der Waals surface area contributed by atoms with Gasteiger partial charge < -0.3 is 10.0 Å². The average Bonchev–Trinajstić information content (AvgIpc) is 2.74. The van der Waals surface area contributed by atoms with Gasteiger partial charge in [-0.1, -0.05) is 11.6 Å². The molecule has 0 aliphatic carbocycles.